The van der Waals surface area contributed by atoms with Crippen LogP contribution < -0.4 is 5.73 Å². The molecule has 0 bridgehead atoms. The molecule has 0 atom stereocenters. The van der Waals surface area contributed by atoms with E-state index in [1.165, 1.54) is 12.8 Å². The Labute approximate surface area is 125 Å². The molecule has 0 unspecified atom stereocenters. The highest BCUT2D eigenvalue weighted by Crippen LogP contribution is 2.39. The Kier molecular flexibility index (Phi) is 4.55. The van der Waals surface area contributed by atoms with Crippen LogP contribution in [-0.2, 0) is 4.74 Å². The number of rotatable bonds is 6. The number of carbonyl (C=O) groups is 1. The molecule has 3 N–H and O–H groups in total. The van der Waals surface area contributed by atoms with E-state index >= 15 is 0 Å². The molecule has 21 heavy (non-hydrogen) atoms. The van der Waals surface area contributed by atoms with Crippen molar-refractivity contribution in [3.63, 3.8) is 0 Å². The van der Waals surface area contributed by atoms with Gasteiger partial charge in [-0.15, -0.1) is 0 Å². The van der Waals surface area contributed by atoms with Gasteiger partial charge in [0.05, 0.1) is 6.10 Å². The highest BCUT2D eigenvalue weighted by atomic mass is 16.5. The molecule has 2 fully saturated rings. The fourth-order valence-corrected chi connectivity index (χ4v) is 2.77. The number of hydrogen-bond acceptors (Lipinski definition) is 4. The minimum atomic E-state index is 0.0403. The van der Waals surface area contributed by atoms with Gasteiger partial charge >= 0.3 is 0 Å². The van der Waals surface area contributed by atoms with E-state index in [0.717, 1.165) is 44.7 Å². The Morgan fingerprint density at radius 1 is 1.38 bits per heavy atom. The summed E-state index contributed by atoms with van der Waals surface area (Å²) in [6.45, 7) is 2.88. The van der Waals surface area contributed by atoms with Crippen LogP contribution in [0.4, 0.5) is 0 Å². The van der Waals surface area contributed by atoms with Crippen molar-refractivity contribution in [2.75, 3.05) is 26.2 Å². The number of nitrogens with two attached hydrogens (primary N) is 1. The van der Waals surface area contributed by atoms with E-state index in [1.807, 2.05) is 11.0 Å². The SMILES string of the molecule is NCCCOC1CCN(C(=O)c2cc(C3CC3)[nH]n2)CC1. The second-order valence-electron chi connectivity index (χ2n) is 5.99. The lowest BCUT2D eigenvalue weighted by atomic mass is 10.1. The Bertz CT molecular complexity index is 476. The third kappa shape index (κ3) is 3.63. The summed E-state index contributed by atoms with van der Waals surface area (Å²) >= 11 is 0. The first kappa shape index (κ1) is 14.5. The molecule has 0 spiro atoms. The van der Waals surface area contributed by atoms with Crippen molar-refractivity contribution in [3.05, 3.63) is 17.5 Å². The number of nitrogens with zero attached hydrogens (tertiary/aromatic N) is 2. The predicted molar refractivity (Wildman–Crippen MR) is 79.1 cm³/mol. The smallest absolute Gasteiger partial charge is 0.274 e. The van der Waals surface area contributed by atoms with E-state index < -0.39 is 0 Å². The summed E-state index contributed by atoms with van der Waals surface area (Å²) in [5.74, 6) is 0.638. The van der Waals surface area contributed by atoms with Crippen molar-refractivity contribution in [2.24, 2.45) is 5.73 Å². The average molecular weight is 292 g/mol. The molecule has 1 aliphatic carbocycles. The van der Waals surface area contributed by atoms with E-state index in [-0.39, 0.29) is 12.0 Å². The van der Waals surface area contributed by atoms with Crippen LogP contribution in [0.1, 0.15) is 54.2 Å². The molecule has 1 aliphatic heterocycles. The minimum absolute atomic E-state index is 0.0403. The summed E-state index contributed by atoms with van der Waals surface area (Å²) in [4.78, 5) is 14.3. The van der Waals surface area contributed by atoms with Gasteiger partial charge in [0.2, 0.25) is 0 Å². The van der Waals surface area contributed by atoms with E-state index in [2.05, 4.69) is 10.2 Å². The Balaban J connectivity index is 1.47. The summed E-state index contributed by atoms with van der Waals surface area (Å²) < 4.78 is 5.76. The molecule has 1 saturated carbocycles. The first-order chi connectivity index (χ1) is 10.3. The van der Waals surface area contributed by atoms with Crippen LogP contribution >= 0.6 is 0 Å². The average Bonchev–Trinajstić information content (AvgIpc) is 3.25. The maximum absolute atomic E-state index is 12.4. The number of likely N-dealkylation sites (tertiary alicyclic amines) is 1. The molecule has 1 aromatic heterocycles. The number of aromatic amines is 1. The Hall–Kier alpha value is -1.40. The third-order valence-electron chi connectivity index (χ3n) is 4.27. The Morgan fingerprint density at radius 3 is 2.81 bits per heavy atom. The summed E-state index contributed by atoms with van der Waals surface area (Å²) in [7, 11) is 0. The van der Waals surface area contributed by atoms with Crippen molar-refractivity contribution in [2.45, 2.75) is 44.1 Å². The maximum atomic E-state index is 12.4. The number of amides is 1. The maximum Gasteiger partial charge on any atom is 0.274 e. The van der Waals surface area contributed by atoms with Crippen molar-refractivity contribution in [3.8, 4) is 0 Å². The quantitative estimate of drug-likeness (QED) is 0.773. The topological polar surface area (TPSA) is 84.2 Å². The second kappa shape index (κ2) is 6.58. The van der Waals surface area contributed by atoms with Crippen LogP contribution in [0.15, 0.2) is 6.07 Å². The molecule has 1 amide bonds. The van der Waals surface area contributed by atoms with Gasteiger partial charge in [-0.1, -0.05) is 0 Å². The number of hydrogen-bond donors (Lipinski definition) is 2. The van der Waals surface area contributed by atoms with Crippen molar-refractivity contribution in [1.82, 2.24) is 15.1 Å². The molecular weight excluding hydrogens is 268 g/mol. The normalized spacial score (nSPS) is 20.0. The summed E-state index contributed by atoms with van der Waals surface area (Å²) in [5, 5.41) is 7.17. The van der Waals surface area contributed by atoms with E-state index in [4.69, 9.17) is 10.5 Å². The van der Waals surface area contributed by atoms with Crippen molar-refractivity contribution >= 4 is 5.91 Å². The third-order valence-corrected chi connectivity index (χ3v) is 4.27. The van der Waals surface area contributed by atoms with Gasteiger partial charge in [0, 0.05) is 31.3 Å². The summed E-state index contributed by atoms with van der Waals surface area (Å²) in [5.41, 5.74) is 7.12. The molecule has 1 aromatic rings. The van der Waals surface area contributed by atoms with Crippen molar-refractivity contribution in [1.29, 1.82) is 0 Å². The zero-order valence-corrected chi connectivity index (χ0v) is 12.4. The fraction of sp³-hybridized carbons (Fsp3) is 0.733. The molecule has 1 saturated heterocycles. The van der Waals surface area contributed by atoms with Crippen LogP contribution in [-0.4, -0.2) is 53.3 Å². The minimum Gasteiger partial charge on any atom is -0.378 e. The number of H-pyrrole nitrogens is 1. The lowest BCUT2D eigenvalue weighted by Crippen LogP contribution is -2.41. The van der Waals surface area contributed by atoms with Gasteiger partial charge in [-0.3, -0.25) is 9.89 Å². The lowest BCUT2D eigenvalue weighted by Gasteiger charge is -2.31. The second-order valence-corrected chi connectivity index (χ2v) is 5.99. The number of nitrogens with one attached hydrogen (secondary N) is 1. The number of aromatic nitrogens is 2. The van der Waals surface area contributed by atoms with Gasteiger partial charge in [-0.2, -0.15) is 5.10 Å². The zero-order valence-electron chi connectivity index (χ0n) is 12.4. The van der Waals surface area contributed by atoms with Crippen molar-refractivity contribution < 1.29 is 9.53 Å². The van der Waals surface area contributed by atoms with Crippen LogP contribution in [0.5, 0.6) is 0 Å². The van der Waals surface area contributed by atoms with Crippen LogP contribution in [0, 0.1) is 0 Å². The van der Waals surface area contributed by atoms with Crippen LogP contribution in [0.2, 0.25) is 0 Å². The van der Waals surface area contributed by atoms with Gasteiger partial charge < -0.3 is 15.4 Å². The molecule has 6 nitrogen and oxygen atoms in total. The molecule has 116 valence electrons. The summed E-state index contributed by atoms with van der Waals surface area (Å²) in [6.07, 6.45) is 5.38. The highest BCUT2D eigenvalue weighted by molar-refractivity contribution is 5.92. The zero-order chi connectivity index (χ0) is 14.7. The number of piperidine rings is 1. The highest BCUT2D eigenvalue weighted by Gasteiger charge is 2.29. The first-order valence-electron chi connectivity index (χ1n) is 7.94. The molecule has 6 heteroatoms. The molecule has 0 aromatic carbocycles. The van der Waals surface area contributed by atoms with E-state index in [9.17, 15) is 4.79 Å². The predicted octanol–water partition coefficient (Wildman–Crippen LogP) is 1.26. The largest absolute Gasteiger partial charge is 0.378 e. The molecule has 0 radical (unpaired) electrons. The van der Waals surface area contributed by atoms with Gasteiger partial charge in [0.25, 0.3) is 5.91 Å². The van der Waals surface area contributed by atoms with Gasteiger partial charge in [0.1, 0.15) is 5.69 Å². The lowest BCUT2D eigenvalue weighted by molar-refractivity contribution is 0.00829. The first-order valence-corrected chi connectivity index (χ1v) is 7.94. The van der Waals surface area contributed by atoms with Gasteiger partial charge in [-0.05, 0) is 44.7 Å². The van der Waals surface area contributed by atoms with Gasteiger partial charge in [-0.25, -0.2) is 0 Å². The molecule has 2 heterocycles. The summed E-state index contributed by atoms with van der Waals surface area (Å²) in [6, 6.07) is 1.92. The van der Waals surface area contributed by atoms with E-state index in [1.54, 1.807) is 0 Å². The standard InChI is InChI=1S/C15H24N4O2/c16-6-1-9-21-12-4-7-19(8-5-12)15(20)14-10-13(17-18-14)11-2-3-11/h10-12H,1-9,16H2,(H,17,18). The molecule has 2 aliphatic rings. The van der Waals surface area contributed by atoms with E-state index in [0.29, 0.717) is 18.2 Å². The Morgan fingerprint density at radius 2 is 2.14 bits per heavy atom. The van der Waals surface area contributed by atoms with Crippen LogP contribution in [0.25, 0.3) is 0 Å². The molecule has 3 rings (SSSR count). The fourth-order valence-electron chi connectivity index (χ4n) is 2.77. The molecular formula is C15H24N4O2. The number of ether oxygens (including phenoxy) is 1. The monoisotopic (exact) mass is 292 g/mol. The number of carbonyl (C=O) groups excluding carboxylic acids is 1. The van der Waals surface area contributed by atoms with Gasteiger partial charge in [0.15, 0.2) is 0 Å². The van der Waals surface area contributed by atoms with Crippen LogP contribution in [0.3, 0.4) is 0 Å².